The molecule has 0 aromatic heterocycles. The summed E-state index contributed by atoms with van der Waals surface area (Å²) in [7, 11) is 2.09. The molecule has 2 nitrogen and oxygen atoms in total. The van der Waals surface area contributed by atoms with Crippen LogP contribution in [0.1, 0.15) is 30.9 Å². The van der Waals surface area contributed by atoms with E-state index >= 15 is 0 Å². The number of rotatable bonds is 4. The molecule has 0 radical (unpaired) electrons. The van der Waals surface area contributed by atoms with E-state index in [1.54, 1.807) is 0 Å². The summed E-state index contributed by atoms with van der Waals surface area (Å²) in [5.41, 5.74) is 1.42. The molecule has 1 saturated carbocycles. The molecule has 0 spiro atoms. The van der Waals surface area contributed by atoms with E-state index in [0.717, 1.165) is 18.5 Å². The minimum Gasteiger partial charge on any atom is -0.312 e. The summed E-state index contributed by atoms with van der Waals surface area (Å²) in [6.07, 6.45) is 4.31. The van der Waals surface area contributed by atoms with Gasteiger partial charge in [-0.3, -0.25) is 4.90 Å². The standard InChI is InChI=1S/C19H24N2/c1-20-19(13-21-12-14-6-9-18(21)10-14)17-8-7-15-4-2-3-5-16(15)11-17/h2-5,7-8,11,14,18-20H,6,9-10,12-13H2,1H3. The number of likely N-dealkylation sites (tertiary alicyclic amines) is 1. The lowest BCUT2D eigenvalue weighted by atomic mass is 10.0. The Morgan fingerprint density at radius 2 is 2.00 bits per heavy atom. The highest BCUT2D eigenvalue weighted by Gasteiger charge is 2.38. The Hall–Kier alpha value is -1.38. The minimum atomic E-state index is 0.439. The molecule has 2 bridgehead atoms. The Labute approximate surface area is 127 Å². The molecule has 2 fully saturated rings. The molecule has 110 valence electrons. The summed E-state index contributed by atoms with van der Waals surface area (Å²) in [4.78, 5) is 2.71. The molecule has 21 heavy (non-hydrogen) atoms. The summed E-state index contributed by atoms with van der Waals surface area (Å²) < 4.78 is 0. The molecule has 1 heterocycles. The van der Waals surface area contributed by atoms with Crippen LogP contribution in [-0.2, 0) is 0 Å². The fourth-order valence-electron chi connectivity index (χ4n) is 4.27. The molecule has 4 rings (SSSR count). The van der Waals surface area contributed by atoms with Gasteiger partial charge in [0.05, 0.1) is 0 Å². The van der Waals surface area contributed by atoms with Gasteiger partial charge in [-0.25, -0.2) is 0 Å². The second-order valence-electron chi connectivity index (χ2n) is 6.73. The van der Waals surface area contributed by atoms with Gasteiger partial charge in [0.1, 0.15) is 0 Å². The zero-order valence-corrected chi connectivity index (χ0v) is 12.8. The smallest absolute Gasteiger partial charge is 0.0447 e. The van der Waals surface area contributed by atoms with Gasteiger partial charge < -0.3 is 5.32 Å². The van der Waals surface area contributed by atoms with E-state index in [9.17, 15) is 0 Å². The predicted octanol–water partition coefficient (Wildman–Crippen LogP) is 3.58. The van der Waals surface area contributed by atoms with Crippen LogP contribution < -0.4 is 5.32 Å². The fourth-order valence-corrected chi connectivity index (χ4v) is 4.27. The van der Waals surface area contributed by atoms with Crippen molar-refractivity contribution in [1.82, 2.24) is 10.2 Å². The largest absolute Gasteiger partial charge is 0.312 e. The van der Waals surface area contributed by atoms with Gasteiger partial charge in [0.25, 0.3) is 0 Å². The van der Waals surface area contributed by atoms with Crippen LogP contribution in [0, 0.1) is 5.92 Å². The third-order valence-corrected chi connectivity index (χ3v) is 5.46. The molecule has 2 aliphatic rings. The van der Waals surface area contributed by atoms with Gasteiger partial charge in [-0.2, -0.15) is 0 Å². The van der Waals surface area contributed by atoms with Gasteiger partial charge in [-0.1, -0.05) is 36.4 Å². The Morgan fingerprint density at radius 1 is 1.14 bits per heavy atom. The lowest BCUT2D eigenvalue weighted by Gasteiger charge is -2.31. The van der Waals surface area contributed by atoms with Gasteiger partial charge in [0, 0.05) is 25.2 Å². The third-order valence-electron chi connectivity index (χ3n) is 5.46. The summed E-state index contributed by atoms with van der Waals surface area (Å²) in [5.74, 6) is 0.976. The first-order chi connectivity index (χ1) is 10.3. The van der Waals surface area contributed by atoms with Crippen LogP contribution in [0.25, 0.3) is 10.8 Å². The number of likely N-dealkylation sites (N-methyl/N-ethyl adjacent to an activating group) is 1. The molecular weight excluding hydrogens is 256 g/mol. The van der Waals surface area contributed by atoms with E-state index in [2.05, 4.69) is 59.7 Å². The monoisotopic (exact) mass is 280 g/mol. The lowest BCUT2D eigenvalue weighted by Crippen LogP contribution is -2.38. The third kappa shape index (κ3) is 2.47. The van der Waals surface area contributed by atoms with Crippen molar-refractivity contribution in [1.29, 1.82) is 0 Å². The molecule has 2 aromatic carbocycles. The number of benzene rings is 2. The number of piperidine rings is 1. The van der Waals surface area contributed by atoms with E-state index < -0.39 is 0 Å². The maximum absolute atomic E-state index is 3.53. The lowest BCUT2D eigenvalue weighted by molar-refractivity contribution is 0.194. The summed E-state index contributed by atoms with van der Waals surface area (Å²) in [6, 6.07) is 16.8. The highest BCUT2D eigenvalue weighted by atomic mass is 15.2. The summed E-state index contributed by atoms with van der Waals surface area (Å²) in [6.45, 7) is 2.46. The maximum Gasteiger partial charge on any atom is 0.0447 e. The first kappa shape index (κ1) is 13.3. The Bertz CT molecular complexity index is 636. The number of nitrogens with one attached hydrogen (secondary N) is 1. The van der Waals surface area contributed by atoms with Crippen molar-refractivity contribution in [3.05, 3.63) is 48.0 Å². The molecule has 1 aliphatic carbocycles. The topological polar surface area (TPSA) is 15.3 Å². The zero-order chi connectivity index (χ0) is 14.2. The summed E-state index contributed by atoms with van der Waals surface area (Å²) in [5, 5.41) is 6.20. The summed E-state index contributed by atoms with van der Waals surface area (Å²) >= 11 is 0. The van der Waals surface area contributed by atoms with Crippen molar-refractivity contribution < 1.29 is 0 Å². The van der Waals surface area contributed by atoms with Gasteiger partial charge in [0.15, 0.2) is 0 Å². The number of hydrogen-bond donors (Lipinski definition) is 1. The van der Waals surface area contributed by atoms with Crippen molar-refractivity contribution >= 4 is 10.8 Å². The SMILES string of the molecule is CNC(CN1CC2CCC1C2)c1ccc2ccccc2c1. The fraction of sp³-hybridized carbons (Fsp3) is 0.474. The second kappa shape index (κ2) is 5.43. The first-order valence-electron chi connectivity index (χ1n) is 8.23. The molecular formula is C19H24N2. The number of hydrogen-bond acceptors (Lipinski definition) is 2. The highest BCUT2D eigenvalue weighted by Crippen LogP contribution is 2.38. The molecule has 1 aliphatic heterocycles. The van der Waals surface area contributed by atoms with Crippen LogP contribution in [0.5, 0.6) is 0 Å². The van der Waals surface area contributed by atoms with Crippen LogP contribution in [0.15, 0.2) is 42.5 Å². The van der Waals surface area contributed by atoms with Crippen LogP contribution in [0.4, 0.5) is 0 Å². The van der Waals surface area contributed by atoms with Gasteiger partial charge in [-0.05, 0) is 54.6 Å². The molecule has 2 aromatic rings. The van der Waals surface area contributed by atoms with Gasteiger partial charge >= 0.3 is 0 Å². The Kier molecular flexibility index (Phi) is 3.44. The minimum absolute atomic E-state index is 0.439. The molecule has 1 N–H and O–H groups in total. The van der Waals surface area contributed by atoms with Gasteiger partial charge in [0.2, 0.25) is 0 Å². The molecule has 1 saturated heterocycles. The first-order valence-corrected chi connectivity index (χ1v) is 8.23. The van der Waals surface area contributed by atoms with Crippen molar-refractivity contribution in [3.8, 4) is 0 Å². The number of nitrogens with zero attached hydrogens (tertiary/aromatic N) is 1. The number of fused-ring (bicyclic) bond motifs is 3. The van der Waals surface area contributed by atoms with E-state index in [1.807, 2.05) is 0 Å². The Balaban J connectivity index is 1.56. The van der Waals surface area contributed by atoms with Crippen LogP contribution in [-0.4, -0.2) is 31.1 Å². The van der Waals surface area contributed by atoms with Crippen LogP contribution >= 0.6 is 0 Å². The van der Waals surface area contributed by atoms with Crippen molar-refractivity contribution in [2.45, 2.75) is 31.3 Å². The molecule has 3 atom stereocenters. The van der Waals surface area contributed by atoms with Crippen molar-refractivity contribution in [2.24, 2.45) is 5.92 Å². The van der Waals surface area contributed by atoms with Crippen molar-refractivity contribution in [2.75, 3.05) is 20.1 Å². The second-order valence-corrected chi connectivity index (χ2v) is 6.73. The zero-order valence-electron chi connectivity index (χ0n) is 12.8. The van der Waals surface area contributed by atoms with E-state index in [4.69, 9.17) is 0 Å². The van der Waals surface area contributed by atoms with Crippen LogP contribution in [0.3, 0.4) is 0 Å². The molecule has 2 heteroatoms. The average Bonchev–Trinajstić information content (AvgIpc) is 3.15. The normalized spacial score (nSPS) is 26.5. The highest BCUT2D eigenvalue weighted by molar-refractivity contribution is 5.83. The van der Waals surface area contributed by atoms with Crippen molar-refractivity contribution in [3.63, 3.8) is 0 Å². The Morgan fingerprint density at radius 3 is 2.71 bits per heavy atom. The van der Waals surface area contributed by atoms with E-state index in [1.165, 1.54) is 42.1 Å². The molecule has 3 unspecified atom stereocenters. The predicted molar refractivity (Wildman–Crippen MR) is 88.5 cm³/mol. The van der Waals surface area contributed by atoms with Gasteiger partial charge in [-0.15, -0.1) is 0 Å². The average molecular weight is 280 g/mol. The van der Waals surface area contributed by atoms with E-state index in [-0.39, 0.29) is 0 Å². The quantitative estimate of drug-likeness (QED) is 0.921. The van der Waals surface area contributed by atoms with E-state index in [0.29, 0.717) is 6.04 Å². The van der Waals surface area contributed by atoms with Crippen LogP contribution in [0.2, 0.25) is 0 Å². The molecule has 0 amide bonds. The maximum atomic E-state index is 3.53.